The normalized spacial score (nSPS) is 12.8. The van der Waals surface area contributed by atoms with Gasteiger partial charge in [0.05, 0.1) is 37.6 Å². The van der Waals surface area contributed by atoms with Crippen LogP contribution in [-0.4, -0.2) is 61.5 Å². The van der Waals surface area contributed by atoms with E-state index in [4.69, 9.17) is 18.9 Å². The quantitative estimate of drug-likeness (QED) is 0.0187. The van der Waals surface area contributed by atoms with E-state index >= 15 is 0 Å². The van der Waals surface area contributed by atoms with Crippen LogP contribution >= 0.6 is 0 Å². The second-order valence-electron chi connectivity index (χ2n) is 16.1. The van der Waals surface area contributed by atoms with Crippen LogP contribution in [0.4, 0.5) is 0 Å². The zero-order chi connectivity index (χ0) is 43.8. The molecule has 0 aliphatic heterocycles. The largest absolute Gasteiger partial charge is 0.494 e. The van der Waals surface area contributed by atoms with E-state index in [0.717, 1.165) is 109 Å². The fourth-order valence-electron chi connectivity index (χ4n) is 6.85. The molecule has 0 aromatic heterocycles. The van der Waals surface area contributed by atoms with Crippen molar-refractivity contribution in [2.24, 2.45) is 5.41 Å². The van der Waals surface area contributed by atoms with Gasteiger partial charge in [-0.1, -0.05) is 111 Å². The highest BCUT2D eigenvalue weighted by Crippen LogP contribution is 2.36. The maximum Gasteiger partial charge on any atom is 0.330 e. The standard InChI is InChI=1S/C50H64O10/c1-6-43(52)59-34-22-18-14-10-8-12-16-20-32-57-39-28-24-37(25-29-39)47(54)41-36-42(51)46(50(3,4)5)45(49(41)56)48(55)38-26-30-40(31-27-38)58-33-21-17-13-9-11-15-19-23-35-60-44(53)7-2/h6-7,24-31,36H,1-2,8-23,32-35H2,3-5H3. The number of ether oxygens (including phenoxy) is 4. The van der Waals surface area contributed by atoms with Crippen LogP contribution in [0.1, 0.15) is 144 Å². The van der Waals surface area contributed by atoms with Crippen molar-refractivity contribution in [2.45, 2.75) is 124 Å². The molecule has 0 N–H and O–H groups in total. The molecule has 0 spiro atoms. The SMILES string of the molecule is C=CC(=O)OCCCCCCCCCCOc1ccc(C(=O)C2=CC(=O)C(C(C)(C)C)=C(C(=O)c3ccc(OCCCCCCCCCCOC(=O)C=C)cc3)C2=O)cc1. The van der Waals surface area contributed by atoms with Crippen LogP contribution in [0.25, 0.3) is 0 Å². The smallest absolute Gasteiger partial charge is 0.330 e. The second-order valence-corrected chi connectivity index (χ2v) is 16.1. The number of carbonyl (C=O) groups is 6. The van der Waals surface area contributed by atoms with Crippen LogP contribution in [-0.2, 0) is 28.7 Å². The molecular formula is C50H64O10. The Bertz CT molecular complexity index is 1820. The molecule has 1 aliphatic rings. The van der Waals surface area contributed by atoms with E-state index in [-0.39, 0.29) is 39.8 Å². The fraction of sp³-hybridized carbons (Fsp3) is 0.480. The van der Waals surface area contributed by atoms with E-state index in [1.165, 1.54) is 12.2 Å². The van der Waals surface area contributed by atoms with E-state index in [1.54, 1.807) is 69.3 Å². The average molecular weight is 825 g/mol. The minimum Gasteiger partial charge on any atom is -0.494 e. The predicted octanol–water partition coefficient (Wildman–Crippen LogP) is 10.6. The van der Waals surface area contributed by atoms with E-state index in [0.29, 0.717) is 37.9 Å². The Hall–Kier alpha value is -5.38. The topological polar surface area (TPSA) is 139 Å². The number of Topliss-reactive ketones (excluding diaryl/α,β-unsaturated/α-hetero) is 3. The van der Waals surface area contributed by atoms with Crippen LogP contribution in [0.3, 0.4) is 0 Å². The minimum atomic E-state index is -0.836. The third-order valence-corrected chi connectivity index (χ3v) is 10.1. The molecule has 10 nitrogen and oxygen atoms in total. The van der Waals surface area contributed by atoms with Gasteiger partial charge in [-0.3, -0.25) is 19.2 Å². The van der Waals surface area contributed by atoms with E-state index in [9.17, 15) is 28.8 Å². The Kier molecular flexibility index (Phi) is 21.8. The van der Waals surface area contributed by atoms with Crippen molar-refractivity contribution in [3.8, 4) is 11.5 Å². The zero-order valence-electron chi connectivity index (χ0n) is 36.0. The summed E-state index contributed by atoms with van der Waals surface area (Å²) in [6.07, 6.45) is 20.0. The van der Waals surface area contributed by atoms with Crippen LogP contribution in [0.5, 0.6) is 11.5 Å². The summed E-state index contributed by atoms with van der Waals surface area (Å²) < 4.78 is 21.8. The number of allylic oxidation sites excluding steroid dienone is 4. The minimum absolute atomic E-state index is 0.0795. The van der Waals surface area contributed by atoms with Gasteiger partial charge >= 0.3 is 11.9 Å². The molecule has 0 heterocycles. The highest BCUT2D eigenvalue weighted by Gasteiger charge is 2.40. The van der Waals surface area contributed by atoms with Gasteiger partial charge in [-0.25, -0.2) is 9.59 Å². The Morgan fingerprint density at radius 2 is 0.867 bits per heavy atom. The molecule has 60 heavy (non-hydrogen) atoms. The Balaban J connectivity index is 1.45. The maximum atomic E-state index is 14.0. The Morgan fingerprint density at radius 1 is 0.517 bits per heavy atom. The first-order chi connectivity index (χ1) is 28.9. The van der Waals surface area contributed by atoms with E-state index < -0.39 is 28.5 Å². The predicted molar refractivity (Wildman–Crippen MR) is 233 cm³/mol. The van der Waals surface area contributed by atoms with Gasteiger partial charge in [0.15, 0.2) is 17.3 Å². The van der Waals surface area contributed by atoms with Gasteiger partial charge in [-0.05, 0) is 79.6 Å². The van der Waals surface area contributed by atoms with Crippen molar-refractivity contribution in [1.29, 1.82) is 0 Å². The van der Waals surface area contributed by atoms with Crippen LogP contribution in [0.15, 0.2) is 96.6 Å². The monoisotopic (exact) mass is 824 g/mol. The summed E-state index contributed by atoms with van der Waals surface area (Å²) in [5.74, 6) is -2.13. The molecule has 1 aliphatic carbocycles. The molecule has 0 fully saturated rings. The molecule has 0 amide bonds. The van der Waals surface area contributed by atoms with Crippen molar-refractivity contribution in [2.75, 3.05) is 26.4 Å². The molecule has 0 atom stereocenters. The van der Waals surface area contributed by atoms with Gasteiger partial charge in [0, 0.05) is 34.9 Å². The summed E-state index contributed by atoms with van der Waals surface area (Å²) in [5, 5.41) is 0. The summed E-state index contributed by atoms with van der Waals surface area (Å²) in [5.41, 5.74) is -0.952. The molecule has 0 saturated carbocycles. The van der Waals surface area contributed by atoms with E-state index in [1.807, 2.05) is 0 Å². The molecule has 2 aromatic carbocycles. The summed E-state index contributed by atoms with van der Waals surface area (Å²) in [6.45, 7) is 14.0. The number of carbonyl (C=O) groups excluding carboxylic acids is 6. The van der Waals surface area contributed by atoms with Gasteiger partial charge in [0.2, 0.25) is 5.78 Å². The van der Waals surface area contributed by atoms with Gasteiger partial charge in [0.1, 0.15) is 11.5 Å². The number of unbranched alkanes of at least 4 members (excludes halogenated alkanes) is 14. The lowest BCUT2D eigenvalue weighted by molar-refractivity contribution is -0.138. The average Bonchev–Trinajstić information content (AvgIpc) is 3.24. The van der Waals surface area contributed by atoms with Gasteiger partial charge in [0.25, 0.3) is 0 Å². The third-order valence-electron chi connectivity index (χ3n) is 10.1. The third kappa shape index (κ3) is 17.1. The van der Waals surface area contributed by atoms with E-state index in [2.05, 4.69) is 13.2 Å². The van der Waals surface area contributed by atoms with Gasteiger partial charge < -0.3 is 18.9 Å². The van der Waals surface area contributed by atoms with Crippen LogP contribution in [0, 0.1) is 5.41 Å². The summed E-state index contributed by atoms with van der Waals surface area (Å²) in [6, 6.07) is 13.0. The highest BCUT2D eigenvalue weighted by atomic mass is 16.5. The summed E-state index contributed by atoms with van der Waals surface area (Å²) in [4.78, 5) is 77.3. The Labute approximate surface area is 356 Å². The number of rotatable bonds is 30. The lowest BCUT2D eigenvalue weighted by Crippen LogP contribution is -2.33. The van der Waals surface area contributed by atoms with Crippen molar-refractivity contribution in [3.63, 3.8) is 0 Å². The van der Waals surface area contributed by atoms with Crippen LogP contribution < -0.4 is 9.47 Å². The molecule has 0 radical (unpaired) electrons. The van der Waals surface area contributed by atoms with Crippen molar-refractivity contribution >= 4 is 35.1 Å². The first kappa shape index (κ1) is 49.0. The fourth-order valence-corrected chi connectivity index (χ4v) is 6.85. The number of esters is 2. The zero-order valence-corrected chi connectivity index (χ0v) is 36.0. The molecule has 324 valence electrons. The molecule has 0 unspecified atom stereocenters. The number of hydrogen-bond acceptors (Lipinski definition) is 10. The highest BCUT2D eigenvalue weighted by molar-refractivity contribution is 6.45. The van der Waals surface area contributed by atoms with Gasteiger partial charge in [-0.15, -0.1) is 0 Å². The van der Waals surface area contributed by atoms with Gasteiger partial charge in [-0.2, -0.15) is 0 Å². The lowest BCUT2D eigenvalue weighted by Gasteiger charge is -2.27. The number of benzene rings is 2. The summed E-state index contributed by atoms with van der Waals surface area (Å²) in [7, 11) is 0. The maximum absolute atomic E-state index is 14.0. The van der Waals surface area contributed by atoms with Crippen LogP contribution in [0.2, 0.25) is 0 Å². The number of hydrogen-bond donors (Lipinski definition) is 0. The van der Waals surface area contributed by atoms with Crippen molar-refractivity contribution in [3.05, 3.63) is 108 Å². The van der Waals surface area contributed by atoms with Crippen molar-refractivity contribution < 1.29 is 47.7 Å². The molecule has 0 saturated heterocycles. The first-order valence-electron chi connectivity index (χ1n) is 21.6. The molecule has 10 heteroatoms. The molecular weight excluding hydrogens is 761 g/mol. The lowest BCUT2D eigenvalue weighted by atomic mass is 9.73. The number of ketones is 4. The molecule has 3 rings (SSSR count). The van der Waals surface area contributed by atoms with Crippen molar-refractivity contribution in [1.82, 2.24) is 0 Å². The second kappa shape index (κ2) is 26.7. The molecule has 2 aromatic rings. The summed E-state index contributed by atoms with van der Waals surface area (Å²) >= 11 is 0. The first-order valence-corrected chi connectivity index (χ1v) is 21.6. The Morgan fingerprint density at radius 3 is 1.23 bits per heavy atom. The molecule has 0 bridgehead atoms.